The summed E-state index contributed by atoms with van der Waals surface area (Å²) in [6.07, 6.45) is 7.26. The first-order valence-electron chi connectivity index (χ1n) is 10.7. The highest BCUT2D eigenvalue weighted by atomic mass is 35.5. The molecule has 0 atom stereocenters. The molecule has 3 nitrogen and oxygen atoms in total. The van der Waals surface area contributed by atoms with Crippen LogP contribution >= 0.6 is 11.6 Å². The van der Waals surface area contributed by atoms with E-state index in [1.165, 1.54) is 12.1 Å². The molecule has 1 saturated carbocycles. The highest BCUT2D eigenvalue weighted by molar-refractivity contribution is 6.34. The molecule has 2 N–H and O–H groups in total. The Balaban J connectivity index is 1.58. The van der Waals surface area contributed by atoms with Gasteiger partial charge >= 0.3 is 0 Å². The molecule has 1 aliphatic carbocycles. The van der Waals surface area contributed by atoms with Gasteiger partial charge in [-0.1, -0.05) is 78.7 Å². The van der Waals surface area contributed by atoms with Gasteiger partial charge in [0.25, 0.3) is 0 Å². The van der Waals surface area contributed by atoms with Gasteiger partial charge in [0.15, 0.2) is 0 Å². The summed E-state index contributed by atoms with van der Waals surface area (Å²) in [5, 5.41) is 6.92. The van der Waals surface area contributed by atoms with E-state index in [0.29, 0.717) is 5.02 Å². The van der Waals surface area contributed by atoms with Gasteiger partial charge in [-0.25, -0.2) is 4.39 Å². The zero-order valence-electron chi connectivity index (χ0n) is 18.1. The lowest BCUT2D eigenvalue weighted by Crippen LogP contribution is -2.29. The lowest BCUT2D eigenvalue weighted by atomic mass is 9.96. The van der Waals surface area contributed by atoms with Crippen LogP contribution < -0.4 is 10.6 Å². The van der Waals surface area contributed by atoms with Crippen molar-refractivity contribution in [2.45, 2.75) is 24.8 Å². The number of nitrogens with one attached hydrogen (secondary N) is 2. The molecule has 166 valence electrons. The molecular weight excluding hydrogens is 435 g/mol. The molecular formula is C28H24ClFN2O. The van der Waals surface area contributed by atoms with Crippen LogP contribution in [0.4, 0.5) is 4.39 Å². The molecule has 3 aromatic carbocycles. The van der Waals surface area contributed by atoms with Gasteiger partial charge in [0, 0.05) is 16.8 Å². The molecule has 1 amide bonds. The SMILES string of the molecule is C#CCNC(=O)Cc1ccccc1C(=C)NC1(c2cccc(-c3ccc(F)cc3)c2Cl)CC1. The van der Waals surface area contributed by atoms with Gasteiger partial charge in [-0.2, -0.15) is 0 Å². The molecule has 3 aromatic rings. The van der Waals surface area contributed by atoms with Crippen LogP contribution in [0.2, 0.25) is 5.02 Å². The van der Waals surface area contributed by atoms with E-state index >= 15 is 0 Å². The zero-order valence-corrected chi connectivity index (χ0v) is 18.9. The molecule has 5 heteroatoms. The van der Waals surface area contributed by atoms with E-state index in [9.17, 15) is 9.18 Å². The maximum Gasteiger partial charge on any atom is 0.225 e. The largest absolute Gasteiger partial charge is 0.375 e. The minimum atomic E-state index is -0.330. The molecule has 0 saturated heterocycles. The first-order chi connectivity index (χ1) is 15.9. The molecule has 0 aromatic heterocycles. The van der Waals surface area contributed by atoms with Gasteiger partial charge in [-0.15, -0.1) is 6.42 Å². The van der Waals surface area contributed by atoms with Crippen molar-refractivity contribution in [3.63, 3.8) is 0 Å². The van der Waals surface area contributed by atoms with E-state index < -0.39 is 0 Å². The first kappa shape index (κ1) is 22.6. The number of hydrogen-bond donors (Lipinski definition) is 2. The number of amides is 1. The van der Waals surface area contributed by atoms with Crippen molar-refractivity contribution in [1.82, 2.24) is 10.6 Å². The van der Waals surface area contributed by atoms with E-state index in [2.05, 4.69) is 23.1 Å². The number of halogens is 2. The van der Waals surface area contributed by atoms with E-state index in [-0.39, 0.29) is 30.2 Å². The molecule has 1 aliphatic rings. The normalized spacial score (nSPS) is 13.6. The predicted octanol–water partition coefficient (Wildman–Crippen LogP) is 5.69. The van der Waals surface area contributed by atoms with Crippen molar-refractivity contribution < 1.29 is 9.18 Å². The van der Waals surface area contributed by atoms with Crippen molar-refractivity contribution in [3.8, 4) is 23.5 Å². The maximum absolute atomic E-state index is 13.4. The Morgan fingerprint density at radius 3 is 2.52 bits per heavy atom. The van der Waals surface area contributed by atoms with Crippen LogP contribution in [0.3, 0.4) is 0 Å². The zero-order chi connectivity index (χ0) is 23.4. The van der Waals surface area contributed by atoms with Crippen molar-refractivity contribution >= 4 is 23.2 Å². The molecule has 0 radical (unpaired) electrons. The Bertz CT molecular complexity index is 1240. The molecule has 1 fully saturated rings. The fourth-order valence-corrected chi connectivity index (χ4v) is 4.47. The van der Waals surface area contributed by atoms with Crippen molar-refractivity contribution in [3.05, 3.63) is 101 Å². The van der Waals surface area contributed by atoms with Crippen LogP contribution in [-0.2, 0) is 16.8 Å². The second-order valence-electron chi connectivity index (χ2n) is 8.17. The standard InChI is InChI=1S/C28H24ClFN2O/c1-3-17-31-26(33)18-21-7-4-5-8-23(21)19(2)32-28(15-16-28)25-10-6-9-24(27(25)29)20-11-13-22(30)14-12-20/h1,4-14,32H,2,15-18H2,(H,31,33). The van der Waals surface area contributed by atoms with Crippen LogP contribution in [0, 0.1) is 18.2 Å². The lowest BCUT2D eigenvalue weighted by Gasteiger charge is -2.24. The first-order valence-corrected chi connectivity index (χ1v) is 11.1. The van der Waals surface area contributed by atoms with Gasteiger partial charge in [-0.05, 0) is 41.7 Å². The highest BCUT2D eigenvalue weighted by Gasteiger charge is 2.46. The van der Waals surface area contributed by atoms with Gasteiger partial charge < -0.3 is 10.6 Å². The number of rotatable bonds is 8. The van der Waals surface area contributed by atoms with Crippen molar-refractivity contribution in [1.29, 1.82) is 0 Å². The summed E-state index contributed by atoms with van der Waals surface area (Å²) in [6.45, 7) is 4.47. The van der Waals surface area contributed by atoms with Crippen LogP contribution in [-0.4, -0.2) is 12.5 Å². The average molecular weight is 459 g/mol. The number of terminal acetylenes is 1. The molecule has 0 heterocycles. The summed E-state index contributed by atoms with van der Waals surface area (Å²) >= 11 is 6.85. The Morgan fingerprint density at radius 2 is 1.82 bits per heavy atom. The molecule has 0 spiro atoms. The average Bonchev–Trinajstić information content (AvgIpc) is 3.59. The molecule has 0 bridgehead atoms. The third-order valence-corrected chi connectivity index (χ3v) is 6.30. The number of benzene rings is 3. The summed E-state index contributed by atoms with van der Waals surface area (Å²) in [7, 11) is 0. The van der Waals surface area contributed by atoms with E-state index in [0.717, 1.165) is 46.4 Å². The topological polar surface area (TPSA) is 41.1 Å². The monoisotopic (exact) mass is 458 g/mol. The third-order valence-electron chi connectivity index (χ3n) is 5.89. The maximum atomic E-state index is 13.4. The summed E-state index contributed by atoms with van der Waals surface area (Å²) in [5.41, 5.74) is 4.85. The second-order valence-corrected chi connectivity index (χ2v) is 8.55. The third kappa shape index (κ3) is 4.94. The molecule has 33 heavy (non-hydrogen) atoms. The summed E-state index contributed by atoms with van der Waals surface area (Å²) in [6, 6.07) is 19.9. The van der Waals surface area contributed by atoms with Crippen LogP contribution in [0.15, 0.2) is 73.3 Å². The Kier molecular flexibility index (Phi) is 6.53. The fraction of sp³-hybridized carbons (Fsp3) is 0.179. The van der Waals surface area contributed by atoms with Crippen molar-refractivity contribution in [2.24, 2.45) is 0 Å². The lowest BCUT2D eigenvalue weighted by molar-refractivity contribution is -0.120. The summed E-state index contributed by atoms with van der Waals surface area (Å²) in [5.74, 6) is 1.99. The van der Waals surface area contributed by atoms with Gasteiger partial charge in [0.05, 0.1) is 23.5 Å². The highest BCUT2D eigenvalue weighted by Crippen LogP contribution is 2.51. The van der Waals surface area contributed by atoms with E-state index in [4.69, 9.17) is 18.0 Å². The quantitative estimate of drug-likeness (QED) is 0.426. The fourth-order valence-electron chi connectivity index (χ4n) is 4.05. The number of hydrogen-bond acceptors (Lipinski definition) is 2. The van der Waals surface area contributed by atoms with Gasteiger partial charge in [0.2, 0.25) is 5.91 Å². The summed E-state index contributed by atoms with van der Waals surface area (Å²) in [4.78, 5) is 12.2. The predicted molar refractivity (Wildman–Crippen MR) is 132 cm³/mol. The minimum Gasteiger partial charge on any atom is -0.375 e. The Labute approximate surface area is 198 Å². The Hall–Kier alpha value is -3.55. The number of carbonyl (C=O) groups excluding carboxylic acids is 1. The molecule has 0 aliphatic heterocycles. The van der Waals surface area contributed by atoms with Gasteiger partial charge in [0.1, 0.15) is 5.82 Å². The summed E-state index contributed by atoms with van der Waals surface area (Å²) < 4.78 is 13.4. The number of carbonyl (C=O) groups is 1. The van der Waals surface area contributed by atoms with E-state index in [1.807, 2.05) is 42.5 Å². The smallest absolute Gasteiger partial charge is 0.225 e. The van der Waals surface area contributed by atoms with Crippen LogP contribution in [0.1, 0.15) is 29.5 Å². The van der Waals surface area contributed by atoms with Crippen LogP contribution in [0.25, 0.3) is 16.8 Å². The van der Waals surface area contributed by atoms with E-state index in [1.54, 1.807) is 12.1 Å². The van der Waals surface area contributed by atoms with Crippen molar-refractivity contribution in [2.75, 3.05) is 6.54 Å². The van der Waals surface area contributed by atoms with Gasteiger partial charge in [-0.3, -0.25) is 4.79 Å². The molecule has 4 rings (SSSR count). The Morgan fingerprint density at radius 1 is 1.09 bits per heavy atom. The second kappa shape index (κ2) is 9.52. The minimum absolute atomic E-state index is 0.135. The van der Waals surface area contributed by atoms with Crippen LogP contribution in [0.5, 0.6) is 0 Å². The molecule has 0 unspecified atom stereocenters.